The van der Waals surface area contributed by atoms with Gasteiger partial charge in [-0.25, -0.2) is 8.42 Å². The molecule has 0 unspecified atom stereocenters. The third kappa shape index (κ3) is 4.84. The average molecular weight is 447 g/mol. The standard InChI is InChI=1S/C22H26N2O6S/c1-15-12-24(13-16(2)29-15)31(26,27)19-7-5-6-17(10-19)22(25)23-11-18-14-28-20-8-3-4-9-21(20)30-18/h3-10,15-16,18H,11-14H2,1-2H3,(H,23,25)/t15-,16-,18+/m0/s1. The van der Waals surface area contributed by atoms with Crippen molar-refractivity contribution in [1.29, 1.82) is 0 Å². The van der Waals surface area contributed by atoms with Crippen LogP contribution in [0.15, 0.2) is 53.4 Å². The summed E-state index contributed by atoms with van der Waals surface area (Å²) in [5.41, 5.74) is 0.271. The zero-order chi connectivity index (χ0) is 22.0. The lowest BCUT2D eigenvalue weighted by atomic mass is 10.2. The van der Waals surface area contributed by atoms with Gasteiger partial charge in [0, 0.05) is 18.7 Å². The van der Waals surface area contributed by atoms with E-state index in [-0.39, 0.29) is 54.3 Å². The van der Waals surface area contributed by atoms with E-state index in [0.29, 0.717) is 18.1 Å². The van der Waals surface area contributed by atoms with Gasteiger partial charge in [-0.15, -0.1) is 0 Å². The molecule has 1 saturated heterocycles. The van der Waals surface area contributed by atoms with E-state index in [2.05, 4.69) is 5.32 Å². The first kappa shape index (κ1) is 21.6. The van der Waals surface area contributed by atoms with Crippen molar-refractivity contribution in [3.05, 3.63) is 54.1 Å². The smallest absolute Gasteiger partial charge is 0.251 e. The molecule has 0 saturated carbocycles. The topological polar surface area (TPSA) is 94.2 Å². The predicted octanol–water partition coefficient (Wildman–Crippen LogP) is 2.05. The summed E-state index contributed by atoms with van der Waals surface area (Å²) in [7, 11) is -3.72. The van der Waals surface area contributed by atoms with E-state index < -0.39 is 10.0 Å². The number of carbonyl (C=O) groups excluding carboxylic acids is 1. The highest BCUT2D eigenvalue weighted by atomic mass is 32.2. The molecular weight excluding hydrogens is 420 g/mol. The highest BCUT2D eigenvalue weighted by molar-refractivity contribution is 7.89. The summed E-state index contributed by atoms with van der Waals surface area (Å²) in [4.78, 5) is 12.7. The van der Waals surface area contributed by atoms with Gasteiger partial charge in [0.25, 0.3) is 5.91 Å². The third-order valence-corrected chi connectivity index (χ3v) is 7.01. The van der Waals surface area contributed by atoms with Crippen molar-refractivity contribution in [3.63, 3.8) is 0 Å². The molecule has 31 heavy (non-hydrogen) atoms. The van der Waals surface area contributed by atoms with Crippen LogP contribution in [-0.2, 0) is 14.8 Å². The normalized spacial score (nSPS) is 23.9. The number of para-hydroxylation sites is 2. The lowest BCUT2D eigenvalue weighted by Gasteiger charge is -2.34. The van der Waals surface area contributed by atoms with E-state index >= 15 is 0 Å². The van der Waals surface area contributed by atoms with Crippen LogP contribution in [0, 0.1) is 0 Å². The summed E-state index contributed by atoms with van der Waals surface area (Å²) in [5, 5.41) is 2.80. The van der Waals surface area contributed by atoms with Gasteiger partial charge in [-0.1, -0.05) is 18.2 Å². The Labute approximate surface area is 182 Å². The zero-order valence-corrected chi connectivity index (χ0v) is 18.3. The Balaban J connectivity index is 1.41. The van der Waals surface area contributed by atoms with Gasteiger partial charge in [-0.05, 0) is 44.2 Å². The van der Waals surface area contributed by atoms with Gasteiger partial charge in [-0.2, -0.15) is 4.31 Å². The molecule has 1 fully saturated rings. The van der Waals surface area contributed by atoms with Crippen LogP contribution in [0.2, 0.25) is 0 Å². The van der Waals surface area contributed by atoms with Gasteiger partial charge in [0.2, 0.25) is 10.0 Å². The molecule has 2 aliphatic heterocycles. The molecule has 2 heterocycles. The minimum atomic E-state index is -3.72. The van der Waals surface area contributed by atoms with E-state index in [9.17, 15) is 13.2 Å². The van der Waals surface area contributed by atoms with Crippen LogP contribution in [0.3, 0.4) is 0 Å². The molecule has 2 aromatic rings. The van der Waals surface area contributed by atoms with E-state index in [1.54, 1.807) is 12.1 Å². The number of benzene rings is 2. The second-order valence-corrected chi connectivity index (χ2v) is 9.75. The number of rotatable bonds is 5. The summed E-state index contributed by atoms with van der Waals surface area (Å²) in [6, 6.07) is 13.4. The Morgan fingerprint density at radius 2 is 1.77 bits per heavy atom. The number of hydrogen-bond acceptors (Lipinski definition) is 6. The van der Waals surface area contributed by atoms with Gasteiger partial charge in [0.05, 0.1) is 23.6 Å². The van der Waals surface area contributed by atoms with Gasteiger partial charge in [0.1, 0.15) is 12.7 Å². The van der Waals surface area contributed by atoms with Gasteiger partial charge in [-0.3, -0.25) is 4.79 Å². The van der Waals surface area contributed by atoms with Crippen LogP contribution in [0.25, 0.3) is 0 Å². The van der Waals surface area contributed by atoms with Crippen LogP contribution in [0.1, 0.15) is 24.2 Å². The summed E-state index contributed by atoms with van der Waals surface area (Å²) < 4.78 is 44.7. The molecular formula is C22H26N2O6S. The Kier molecular flexibility index (Phi) is 6.17. The molecule has 8 nitrogen and oxygen atoms in total. The first-order valence-corrected chi connectivity index (χ1v) is 11.7. The number of morpholine rings is 1. The van der Waals surface area contributed by atoms with Crippen LogP contribution >= 0.6 is 0 Å². The van der Waals surface area contributed by atoms with Crippen molar-refractivity contribution >= 4 is 15.9 Å². The van der Waals surface area contributed by atoms with Gasteiger partial charge in [0.15, 0.2) is 11.5 Å². The predicted molar refractivity (Wildman–Crippen MR) is 114 cm³/mol. The van der Waals surface area contributed by atoms with Crippen molar-refractivity contribution < 1.29 is 27.4 Å². The molecule has 1 amide bonds. The highest BCUT2D eigenvalue weighted by Gasteiger charge is 2.32. The summed E-state index contributed by atoms with van der Waals surface area (Å²) in [6.07, 6.45) is -0.706. The van der Waals surface area contributed by atoms with Crippen LogP contribution < -0.4 is 14.8 Å². The SMILES string of the molecule is C[C@H]1CN(S(=O)(=O)c2cccc(C(=O)NC[C@@H]3COc4ccccc4O3)c2)C[C@H](C)O1. The molecule has 0 radical (unpaired) electrons. The number of hydrogen-bond donors (Lipinski definition) is 1. The molecule has 0 aromatic heterocycles. The van der Waals surface area contributed by atoms with Crippen molar-refractivity contribution in [2.24, 2.45) is 0 Å². The molecule has 166 valence electrons. The molecule has 1 N–H and O–H groups in total. The highest BCUT2D eigenvalue weighted by Crippen LogP contribution is 2.30. The molecule has 0 aliphatic carbocycles. The number of ether oxygens (including phenoxy) is 3. The summed E-state index contributed by atoms with van der Waals surface area (Å²) in [6.45, 7) is 4.81. The minimum Gasteiger partial charge on any atom is -0.486 e. The number of nitrogens with zero attached hydrogens (tertiary/aromatic N) is 1. The number of amides is 1. The molecule has 2 aromatic carbocycles. The molecule has 4 rings (SSSR count). The van der Waals surface area contributed by atoms with E-state index in [4.69, 9.17) is 14.2 Å². The fourth-order valence-corrected chi connectivity index (χ4v) is 5.38. The molecule has 2 aliphatic rings. The number of carbonyl (C=O) groups is 1. The second kappa shape index (κ2) is 8.86. The van der Waals surface area contributed by atoms with Crippen LogP contribution in [0.5, 0.6) is 11.5 Å². The van der Waals surface area contributed by atoms with Crippen LogP contribution in [0.4, 0.5) is 0 Å². The van der Waals surface area contributed by atoms with Gasteiger partial charge >= 0.3 is 0 Å². The fraction of sp³-hybridized carbons (Fsp3) is 0.409. The number of fused-ring (bicyclic) bond motifs is 1. The van der Waals surface area contributed by atoms with E-state index in [1.165, 1.54) is 16.4 Å². The number of nitrogens with one attached hydrogen (secondary N) is 1. The molecule has 3 atom stereocenters. The van der Waals surface area contributed by atoms with Gasteiger partial charge < -0.3 is 19.5 Å². The third-order valence-electron chi connectivity index (χ3n) is 5.18. The Hall–Kier alpha value is -2.62. The minimum absolute atomic E-state index is 0.0904. The molecule has 0 bridgehead atoms. The van der Waals surface area contributed by atoms with Crippen molar-refractivity contribution in [1.82, 2.24) is 9.62 Å². The summed E-state index contributed by atoms with van der Waals surface area (Å²) >= 11 is 0. The van der Waals surface area contributed by atoms with E-state index in [1.807, 2.05) is 38.1 Å². The van der Waals surface area contributed by atoms with Crippen molar-refractivity contribution in [3.8, 4) is 11.5 Å². The lowest BCUT2D eigenvalue weighted by molar-refractivity contribution is -0.0440. The average Bonchev–Trinajstić information content (AvgIpc) is 2.76. The lowest BCUT2D eigenvalue weighted by Crippen LogP contribution is -2.48. The molecule has 0 spiro atoms. The van der Waals surface area contributed by atoms with Crippen molar-refractivity contribution in [2.45, 2.75) is 37.1 Å². The fourth-order valence-electron chi connectivity index (χ4n) is 3.75. The first-order chi connectivity index (χ1) is 14.8. The molecule has 9 heteroatoms. The maximum absolute atomic E-state index is 13.1. The Morgan fingerprint density at radius 1 is 1.06 bits per heavy atom. The second-order valence-electron chi connectivity index (χ2n) is 7.81. The zero-order valence-electron chi connectivity index (χ0n) is 17.5. The van der Waals surface area contributed by atoms with Crippen molar-refractivity contribution in [2.75, 3.05) is 26.2 Å². The first-order valence-electron chi connectivity index (χ1n) is 10.3. The largest absolute Gasteiger partial charge is 0.486 e. The summed E-state index contributed by atoms with van der Waals surface area (Å²) in [5.74, 6) is 0.938. The van der Waals surface area contributed by atoms with E-state index in [0.717, 1.165) is 0 Å². The quantitative estimate of drug-likeness (QED) is 0.756. The maximum atomic E-state index is 13.1. The maximum Gasteiger partial charge on any atom is 0.251 e. The van der Waals surface area contributed by atoms with Crippen LogP contribution in [-0.4, -0.2) is 63.2 Å². The Bertz CT molecular complexity index is 1050. The monoisotopic (exact) mass is 446 g/mol. The number of sulfonamides is 1. The Morgan fingerprint density at radius 3 is 2.52 bits per heavy atom.